The number of carboxylic acids is 1. The molecule has 6 nitrogen and oxygen atoms in total. The number of aliphatic carboxylic acids is 1. The van der Waals surface area contributed by atoms with Gasteiger partial charge in [-0.2, -0.15) is 0 Å². The van der Waals surface area contributed by atoms with Crippen molar-refractivity contribution in [2.45, 2.75) is 13.0 Å². The molecular formula is C13H11ClN2O4S. The molecule has 1 heterocycles. The molecule has 0 amide bonds. The predicted molar refractivity (Wildman–Crippen MR) is 81.1 cm³/mol. The molecular weight excluding hydrogens is 316 g/mol. The molecule has 0 aliphatic heterocycles. The molecule has 0 aliphatic carbocycles. The van der Waals surface area contributed by atoms with E-state index in [9.17, 15) is 14.9 Å². The Kier molecular flexibility index (Phi) is 4.77. The molecule has 2 rings (SSSR count). The number of hydrogen-bond acceptors (Lipinski definition) is 5. The van der Waals surface area contributed by atoms with E-state index >= 15 is 0 Å². The van der Waals surface area contributed by atoms with E-state index in [0.29, 0.717) is 17.3 Å². The van der Waals surface area contributed by atoms with Gasteiger partial charge in [0.05, 0.1) is 11.3 Å². The summed E-state index contributed by atoms with van der Waals surface area (Å²) in [6.07, 6.45) is -0.0258. The standard InChI is InChI=1S/C13H11ClN2O4S/c14-8-1-4-12(16(19)20)11(5-8)15-7-10-3-2-9(21-10)6-13(17)18/h1-5,15H,6-7H2,(H,17,18). The molecule has 0 saturated carbocycles. The summed E-state index contributed by atoms with van der Waals surface area (Å²) < 4.78 is 0. The van der Waals surface area contributed by atoms with Crippen LogP contribution in [0.3, 0.4) is 0 Å². The first-order valence-corrected chi connectivity index (χ1v) is 7.12. The normalized spacial score (nSPS) is 10.3. The predicted octanol–water partition coefficient (Wildman–Crippen LogP) is 3.55. The Morgan fingerprint density at radius 3 is 2.71 bits per heavy atom. The van der Waals surface area contributed by atoms with Crippen molar-refractivity contribution < 1.29 is 14.8 Å². The maximum absolute atomic E-state index is 10.9. The number of thiophene rings is 1. The summed E-state index contributed by atoms with van der Waals surface area (Å²) in [6, 6.07) is 7.83. The van der Waals surface area contributed by atoms with E-state index < -0.39 is 10.9 Å². The minimum absolute atomic E-state index is 0.0258. The number of nitro benzene ring substituents is 1. The van der Waals surface area contributed by atoms with E-state index in [0.717, 1.165) is 9.75 Å². The lowest BCUT2D eigenvalue weighted by atomic mass is 10.2. The second-order valence-electron chi connectivity index (χ2n) is 4.21. The van der Waals surface area contributed by atoms with Crippen LogP contribution in [0.25, 0.3) is 0 Å². The minimum atomic E-state index is -0.887. The number of anilines is 1. The fourth-order valence-corrected chi connectivity index (χ4v) is 2.87. The largest absolute Gasteiger partial charge is 0.481 e. The van der Waals surface area contributed by atoms with Gasteiger partial charge >= 0.3 is 5.97 Å². The summed E-state index contributed by atoms with van der Waals surface area (Å²) in [5.41, 5.74) is 0.280. The van der Waals surface area contributed by atoms with Crippen LogP contribution in [0.2, 0.25) is 5.02 Å². The van der Waals surface area contributed by atoms with Crippen LogP contribution in [0.4, 0.5) is 11.4 Å². The van der Waals surface area contributed by atoms with Crippen molar-refractivity contribution in [3.8, 4) is 0 Å². The number of halogens is 1. The zero-order valence-corrected chi connectivity index (χ0v) is 12.3. The van der Waals surface area contributed by atoms with E-state index in [4.69, 9.17) is 16.7 Å². The first-order chi connectivity index (χ1) is 9.95. The van der Waals surface area contributed by atoms with Gasteiger partial charge in [0, 0.05) is 27.4 Å². The second-order valence-corrected chi connectivity index (χ2v) is 5.90. The number of rotatable bonds is 6. The number of nitrogens with one attached hydrogen (secondary N) is 1. The SMILES string of the molecule is O=C(O)Cc1ccc(CNc2cc(Cl)ccc2[N+](=O)[O-])s1. The molecule has 0 spiro atoms. The Balaban J connectivity index is 2.09. The summed E-state index contributed by atoms with van der Waals surface area (Å²) in [5, 5.41) is 23.0. The average molecular weight is 327 g/mol. The molecule has 21 heavy (non-hydrogen) atoms. The molecule has 110 valence electrons. The van der Waals surface area contributed by atoms with Crippen LogP contribution in [0, 0.1) is 10.1 Å². The lowest BCUT2D eigenvalue weighted by Crippen LogP contribution is -2.01. The summed E-state index contributed by atoms with van der Waals surface area (Å²) in [7, 11) is 0. The molecule has 0 unspecified atom stereocenters. The van der Waals surface area contributed by atoms with Gasteiger partial charge in [0.15, 0.2) is 0 Å². The van der Waals surface area contributed by atoms with Crippen molar-refractivity contribution in [2.24, 2.45) is 0 Å². The fraction of sp³-hybridized carbons (Fsp3) is 0.154. The zero-order chi connectivity index (χ0) is 15.4. The maximum Gasteiger partial charge on any atom is 0.308 e. The van der Waals surface area contributed by atoms with Crippen molar-refractivity contribution in [2.75, 3.05) is 5.32 Å². The van der Waals surface area contributed by atoms with Gasteiger partial charge < -0.3 is 10.4 Å². The first-order valence-electron chi connectivity index (χ1n) is 5.93. The molecule has 0 fully saturated rings. The molecule has 0 bridgehead atoms. The second kappa shape index (κ2) is 6.55. The first kappa shape index (κ1) is 15.3. The van der Waals surface area contributed by atoms with Crippen molar-refractivity contribution in [1.82, 2.24) is 0 Å². The van der Waals surface area contributed by atoms with Gasteiger partial charge in [0.1, 0.15) is 5.69 Å². The number of hydrogen-bond donors (Lipinski definition) is 2. The van der Waals surface area contributed by atoms with Crippen LogP contribution in [-0.4, -0.2) is 16.0 Å². The smallest absolute Gasteiger partial charge is 0.308 e. The molecule has 0 aliphatic rings. The number of benzene rings is 1. The van der Waals surface area contributed by atoms with Crippen LogP contribution in [0.1, 0.15) is 9.75 Å². The third kappa shape index (κ3) is 4.17. The molecule has 0 radical (unpaired) electrons. The van der Waals surface area contributed by atoms with Gasteiger partial charge in [-0.25, -0.2) is 0 Å². The summed E-state index contributed by atoms with van der Waals surface area (Å²) in [6.45, 7) is 0.367. The highest BCUT2D eigenvalue weighted by atomic mass is 35.5. The maximum atomic E-state index is 10.9. The number of nitrogens with zero attached hydrogens (tertiary/aromatic N) is 1. The van der Waals surface area contributed by atoms with Crippen LogP contribution in [-0.2, 0) is 17.8 Å². The third-order valence-electron chi connectivity index (χ3n) is 2.65. The van der Waals surface area contributed by atoms with E-state index in [2.05, 4.69) is 5.32 Å². The number of carboxylic acid groups (broad SMARTS) is 1. The highest BCUT2D eigenvalue weighted by molar-refractivity contribution is 7.12. The summed E-state index contributed by atoms with van der Waals surface area (Å²) in [5.74, 6) is -0.887. The van der Waals surface area contributed by atoms with Gasteiger partial charge in [-0.15, -0.1) is 11.3 Å². The van der Waals surface area contributed by atoms with Crippen molar-refractivity contribution in [1.29, 1.82) is 0 Å². The van der Waals surface area contributed by atoms with Gasteiger partial charge in [0.25, 0.3) is 5.69 Å². The Morgan fingerprint density at radius 2 is 2.05 bits per heavy atom. The van der Waals surface area contributed by atoms with Crippen LogP contribution in [0.5, 0.6) is 0 Å². The Hall–Kier alpha value is -2.12. The Bertz CT molecular complexity index is 687. The summed E-state index contributed by atoms with van der Waals surface area (Å²) in [4.78, 5) is 22.7. The van der Waals surface area contributed by atoms with Crippen LogP contribution in [0.15, 0.2) is 30.3 Å². The molecule has 1 aromatic heterocycles. The number of carbonyl (C=O) groups is 1. The molecule has 0 saturated heterocycles. The van der Waals surface area contributed by atoms with Crippen molar-refractivity contribution in [3.05, 3.63) is 55.2 Å². The quantitative estimate of drug-likeness (QED) is 0.625. The van der Waals surface area contributed by atoms with Crippen LogP contribution >= 0.6 is 22.9 Å². The van der Waals surface area contributed by atoms with E-state index in [1.54, 1.807) is 12.1 Å². The zero-order valence-electron chi connectivity index (χ0n) is 10.7. The Labute approximate surface area is 129 Å². The Morgan fingerprint density at radius 1 is 1.33 bits per heavy atom. The van der Waals surface area contributed by atoms with Gasteiger partial charge in [-0.1, -0.05) is 11.6 Å². The molecule has 8 heteroatoms. The van der Waals surface area contributed by atoms with Crippen LogP contribution < -0.4 is 5.32 Å². The van der Waals surface area contributed by atoms with Crippen molar-refractivity contribution >= 4 is 40.3 Å². The molecule has 1 aromatic carbocycles. The fourth-order valence-electron chi connectivity index (χ4n) is 1.75. The van der Waals surface area contributed by atoms with E-state index in [1.165, 1.54) is 29.5 Å². The lowest BCUT2D eigenvalue weighted by Gasteiger charge is -2.06. The molecule has 0 atom stereocenters. The van der Waals surface area contributed by atoms with Gasteiger partial charge in [-0.3, -0.25) is 14.9 Å². The van der Waals surface area contributed by atoms with Gasteiger partial charge in [-0.05, 0) is 24.3 Å². The molecule has 2 N–H and O–H groups in total. The van der Waals surface area contributed by atoms with E-state index in [-0.39, 0.29) is 12.1 Å². The lowest BCUT2D eigenvalue weighted by molar-refractivity contribution is -0.384. The number of nitro groups is 1. The van der Waals surface area contributed by atoms with E-state index in [1.807, 2.05) is 0 Å². The summed E-state index contributed by atoms with van der Waals surface area (Å²) >= 11 is 7.19. The third-order valence-corrected chi connectivity index (χ3v) is 3.97. The monoisotopic (exact) mass is 326 g/mol. The highest BCUT2D eigenvalue weighted by Crippen LogP contribution is 2.28. The molecule has 2 aromatic rings. The average Bonchev–Trinajstić information content (AvgIpc) is 2.82. The minimum Gasteiger partial charge on any atom is -0.481 e. The highest BCUT2D eigenvalue weighted by Gasteiger charge is 2.14. The topological polar surface area (TPSA) is 92.5 Å². The van der Waals surface area contributed by atoms with Crippen molar-refractivity contribution in [3.63, 3.8) is 0 Å². The van der Waals surface area contributed by atoms with Gasteiger partial charge in [0.2, 0.25) is 0 Å².